The summed E-state index contributed by atoms with van der Waals surface area (Å²) in [6.07, 6.45) is 2.48. The zero-order valence-electron chi connectivity index (χ0n) is 25.0. The monoisotopic (exact) mass is 578 g/mol. The minimum Gasteiger partial charge on any atom is -0.393 e. The second-order valence-corrected chi connectivity index (χ2v) is 12.8. The highest BCUT2D eigenvalue weighted by atomic mass is 19.1. The fourth-order valence-electron chi connectivity index (χ4n) is 6.71. The maximum atomic E-state index is 16.1. The summed E-state index contributed by atoms with van der Waals surface area (Å²) in [7, 11) is 0. The van der Waals surface area contributed by atoms with Gasteiger partial charge in [-0.25, -0.2) is 4.39 Å². The lowest BCUT2D eigenvalue weighted by atomic mass is 9.87. The molecule has 0 aromatic heterocycles. The number of hydrogen-bond acceptors (Lipinski definition) is 5. The zero-order valence-corrected chi connectivity index (χ0v) is 25.0. The van der Waals surface area contributed by atoms with Crippen molar-refractivity contribution in [2.45, 2.75) is 90.1 Å². The normalized spacial score (nSPS) is 22.5. The van der Waals surface area contributed by atoms with E-state index in [-0.39, 0.29) is 41.4 Å². The Labute approximate surface area is 247 Å². The average molecular weight is 579 g/mol. The highest BCUT2D eigenvalue weighted by molar-refractivity contribution is 6.00. The van der Waals surface area contributed by atoms with Gasteiger partial charge in [0.25, 0.3) is 0 Å². The number of hydrogen-bond donors (Lipinski definition) is 3. The van der Waals surface area contributed by atoms with E-state index >= 15 is 4.39 Å². The lowest BCUT2D eigenvalue weighted by Crippen LogP contribution is -2.67. The van der Waals surface area contributed by atoms with Crippen molar-refractivity contribution in [2.24, 2.45) is 11.8 Å². The number of aliphatic hydroxyl groups is 1. The van der Waals surface area contributed by atoms with Crippen molar-refractivity contribution in [2.75, 3.05) is 18.0 Å². The second kappa shape index (κ2) is 12.4. The number of amides is 3. The predicted octanol–water partition coefficient (Wildman–Crippen LogP) is 3.51. The second-order valence-electron chi connectivity index (χ2n) is 12.8. The topological polar surface area (TPSA) is 102 Å². The molecule has 2 heterocycles. The van der Waals surface area contributed by atoms with Crippen molar-refractivity contribution in [3.8, 4) is 0 Å². The Bertz CT molecular complexity index is 1300. The molecule has 1 aliphatic carbocycles. The van der Waals surface area contributed by atoms with E-state index in [9.17, 15) is 19.5 Å². The van der Waals surface area contributed by atoms with Crippen LogP contribution in [0.4, 0.5) is 10.1 Å². The van der Waals surface area contributed by atoms with Gasteiger partial charge >= 0.3 is 0 Å². The highest BCUT2D eigenvalue weighted by Crippen LogP contribution is 2.37. The van der Waals surface area contributed by atoms with Crippen LogP contribution in [0.15, 0.2) is 42.5 Å². The molecule has 2 aromatic carbocycles. The molecule has 0 bridgehead atoms. The van der Waals surface area contributed by atoms with Crippen LogP contribution in [0.5, 0.6) is 0 Å². The maximum absolute atomic E-state index is 16.1. The Morgan fingerprint density at radius 3 is 2.26 bits per heavy atom. The van der Waals surface area contributed by atoms with Crippen LogP contribution in [0.25, 0.3) is 0 Å². The summed E-state index contributed by atoms with van der Waals surface area (Å²) >= 11 is 0. The minimum atomic E-state index is -1.31. The van der Waals surface area contributed by atoms with Crippen molar-refractivity contribution in [3.63, 3.8) is 0 Å². The molecule has 0 spiro atoms. The Hall–Kier alpha value is -3.46. The Balaban J connectivity index is 1.53. The number of piperidine rings is 1. The third-order valence-corrected chi connectivity index (χ3v) is 8.77. The molecule has 5 rings (SSSR count). The van der Waals surface area contributed by atoms with E-state index in [4.69, 9.17) is 0 Å². The fraction of sp³-hybridized carbons (Fsp3) is 0.545. The molecule has 42 heavy (non-hydrogen) atoms. The third kappa shape index (κ3) is 6.16. The van der Waals surface area contributed by atoms with Gasteiger partial charge in [-0.3, -0.25) is 14.4 Å². The molecule has 3 N–H and O–H groups in total. The van der Waals surface area contributed by atoms with E-state index in [0.717, 1.165) is 11.1 Å². The smallest absolute Gasteiger partial charge is 0.247 e. The number of benzene rings is 2. The molecule has 8 nitrogen and oxygen atoms in total. The van der Waals surface area contributed by atoms with Gasteiger partial charge in [0.1, 0.15) is 23.9 Å². The summed E-state index contributed by atoms with van der Waals surface area (Å²) in [5.74, 6) is -1.88. The van der Waals surface area contributed by atoms with Crippen LogP contribution >= 0.6 is 0 Å². The third-order valence-electron chi connectivity index (χ3n) is 8.77. The van der Waals surface area contributed by atoms with E-state index in [2.05, 4.69) is 10.6 Å². The number of nitrogens with zero attached hydrogens (tertiary/aromatic N) is 2. The molecule has 2 fully saturated rings. The number of nitrogens with one attached hydrogen (secondary N) is 2. The van der Waals surface area contributed by atoms with E-state index in [1.54, 1.807) is 12.1 Å². The van der Waals surface area contributed by atoms with Gasteiger partial charge < -0.3 is 25.5 Å². The molecule has 2 aromatic rings. The van der Waals surface area contributed by atoms with E-state index in [0.29, 0.717) is 50.9 Å². The van der Waals surface area contributed by atoms with Crippen molar-refractivity contribution in [1.82, 2.24) is 15.5 Å². The number of carbonyl (C=O) groups is 3. The summed E-state index contributed by atoms with van der Waals surface area (Å²) < 4.78 is 16.1. The average Bonchev–Trinajstić information content (AvgIpc) is 3.37. The molecule has 3 atom stereocenters. The lowest BCUT2D eigenvalue weighted by molar-refractivity contribution is -0.158. The molecule has 2 aliphatic heterocycles. The predicted molar refractivity (Wildman–Crippen MR) is 159 cm³/mol. The summed E-state index contributed by atoms with van der Waals surface area (Å²) in [6, 6.07) is 9.49. The molecule has 1 unspecified atom stereocenters. The molecular weight excluding hydrogens is 535 g/mol. The van der Waals surface area contributed by atoms with Crippen LogP contribution in [0.2, 0.25) is 0 Å². The number of halogens is 1. The minimum absolute atomic E-state index is 0.0545. The number of fused-ring (bicyclic) bond motifs is 1. The Morgan fingerprint density at radius 1 is 1.05 bits per heavy atom. The lowest BCUT2D eigenvalue weighted by Gasteiger charge is -2.45. The van der Waals surface area contributed by atoms with E-state index in [1.165, 1.54) is 11.0 Å². The van der Waals surface area contributed by atoms with Gasteiger partial charge in [-0.05, 0) is 81.0 Å². The van der Waals surface area contributed by atoms with E-state index in [1.807, 2.05) is 56.9 Å². The van der Waals surface area contributed by atoms with E-state index < -0.39 is 29.8 Å². The Kier molecular flexibility index (Phi) is 8.87. The zero-order chi connectivity index (χ0) is 30.1. The van der Waals surface area contributed by atoms with Gasteiger partial charge in [-0.15, -0.1) is 0 Å². The van der Waals surface area contributed by atoms with Gasteiger partial charge in [0, 0.05) is 30.4 Å². The summed E-state index contributed by atoms with van der Waals surface area (Å²) in [5, 5.41) is 15.8. The van der Waals surface area contributed by atoms with Crippen LogP contribution in [0.1, 0.15) is 69.7 Å². The van der Waals surface area contributed by atoms with Gasteiger partial charge in [0.15, 0.2) is 0 Å². The van der Waals surface area contributed by atoms with Crippen LogP contribution in [0, 0.1) is 17.7 Å². The number of rotatable bonds is 8. The summed E-state index contributed by atoms with van der Waals surface area (Å²) in [6.45, 7) is 8.75. The van der Waals surface area contributed by atoms with Crippen LogP contribution in [0.3, 0.4) is 0 Å². The van der Waals surface area contributed by atoms with Crippen molar-refractivity contribution in [3.05, 3.63) is 65.0 Å². The first kappa shape index (κ1) is 30.0. The van der Waals surface area contributed by atoms with Crippen LogP contribution in [-0.4, -0.2) is 65.0 Å². The molecular formula is C33H43FN4O4. The van der Waals surface area contributed by atoms with Gasteiger partial charge in [0.2, 0.25) is 17.7 Å². The summed E-state index contributed by atoms with van der Waals surface area (Å²) in [4.78, 5) is 45.4. The first-order valence-corrected chi connectivity index (χ1v) is 15.3. The number of anilines is 1. The number of aliphatic hydroxyl groups excluding tert-OH is 1. The molecule has 0 radical (unpaired) electrons. The molecule has 0 saturated carbocycles. The summed E-state index contributed by atoms with van der Waals surface area (Å²) in [5.41, 5.74) is 3.04. The first-order valence-electron chi connectivity index (χ1n) is 15.3. The van der Waals surface area contributed by atoms with Gasteiger partial charge in [-0.1, -0.05) is 44.2 Å². The number of piperazine rings is 1. The molecule has 226 valence electrons. The molecule has 3 aliphatic rings. The first-order chi connectivity index (χ1) is 20.0. The molecule has 9 heteroatoms. The fourth-order valence-corrected chi connectivity index (χ4v) is 6.71. The SMILES string of the molecule is CC(C)C[C@@H]1C(=O)NC(C2Cc3ccccc3C2)C(=O)N1[C@@H](C(=O)NC(C)C)c1ccc(N2CCC(O)CC2)cc1F. The van der Waals surface area contributed by atoms with Crippen LogP contribution in [-0.2, 0) is 27.2 Å². The van der Waals surface area contributed by atoms with Gasteiger partial charge in [-0.2, -0.15) is 0 Å². The molecule has 2 saturated heterocycles. The van der Waals surface area contributed by atoms with Crippen molar-refractivity contribution in [1.29, 1.82) is 0 Å². The van der Waals surface area contributed by atoms with Crippen LogP contribution < -0.4 is 15.5 Å². The Morgan fingerprint density at radius 2 is 1.69 bits per heavy atom. The largest absolute Gasteiger partial charge is 0.393 e. The van der Waals surface area contributed by atoms with Gasteiger partial charge in [0.05, 0.1) is 6.10 Å². The standard InChI is InChI=1S/C33H43FN4O4/c1-19(2)15-28-31(40)36-29(23-16-21-7-5-6-8-22(21)17-23)33(42)38(28)30(32(41)35-20(3)4)26-10-9-24(18-27(26)34)37-13-11-25(39)12-14-37/h5-10,18-20,23,25,28-30,39H,11-17H2,1-4H3,(H,35,41)(H,36,40)/t28-,29?,30-/m1/s1. The maximum Gasteiger partial charge on any atom is 0.247 e. The highest BCUT2D eigenvalue weighted by Gasteiger charge is 2.50. The quantitative estimate of drug-likeness (QED) is 0.445. The number of carbonyl (C=O) groups excluding carboxylic acids is 3. The van der Waals surface area contributed by atoms with Crippen molar-refractivity contribution < 1.29 is 23.9 Å². The van der Waals surface area contributed by atoms with Crippen molar-refractivity contribution >= 4 is 23.4 Å². The molecule has 3 amide bonds.